The third kappa shape index (κ3) is 5.05. The Morgan fingerprint density at radius 3 is 2.77 bits per heavy atom. The number of aromatic amines is 1. The Morgan fingerprint density at radius 2 is 2.10 bits per heavy atom. The van der Waals surface area contributed by atoms with Crippen molar-refractivity contribution in [2.45, 2.75) is 40.4 Å². The van der Waals surface area contributed by atoms with E-state index in [1.165, 1.54) is 47.9 Å². The maximum absolute atomic E-state index is 13.3. The van der Waals surface area contributed by atoms with Crippen molar-refractivity contribution in [3.05, 3.63) is 29.0 Å². The lowest BCUT2D eigenvalue weighted by molar-refractivity contribution is 0.0565. The molecule has 0 aliphatic carbocycles. The highest BCUT2D eigenvalue weighted by Crippen LogP contribution is 2.41. The Kier molecular flexibility index (Phi) is 6.60. The number of fused-ring (bicyclic) bond motifs is 1. The van der Waals surface area contributed by atoms with Crippen LogP contribution in [0.4, 0.5) is 9.80 Å². The zero-order valence-corrected chi connectivity index (χ0v) is 20.6. The van der Waals surface area contributed by atoms with Crippen LogP contribution in [0.3, 0.4) is 0 Å². The number of thioether (sulfide) groups is 1. The molecule has 2 heterocycles. The number of aromatic nitrogens is 2. The number of alkyl carbamates (subject to hydrolysis) is 1. The molecule has 0 aliphatic heterocycles. The van der Waals surface area contributed by atoms with Gasteiger partial charge in [-0.05, 0) is 61.2 Å². The van der Waals surface area contributed by atoms with Crippen molar-refractivity contribution < 1.29 is 17.9 Å². The molecular weight excluding hydrogens is 512 g/mol. The lowest BCUT2D eigenvalue weighted by Gasteiger charge is -2.18. The monoisotopic (exact) mass is 530 g/mol. The summed E-state index contributed by atoms with van der Waals surface area (Å²) < 4.78 is 32.9. The summed E-state index contributed by atoms with van der Waals surface area (Å²) in [4.78, 5) is 23.2. The molecule has 0 aliphatic rings. The molecule has 8 nitrogen and oxygen atoms in total. The number of sulfone groups is 1. The number of carbonyl (C=O) groups excluding carboxylic acids is 1. The van der Waals surface area contributed by atoms with E-state index in [0.717, 1.165) is 0 Å². The summed E-state index contributed by atoms with van der Waals surface area (Å²) in [6, 6.07) is 4.58. The molecule has 0 atom stereocenters. The molecule has 0 saturated carbocycles. The Morgan fingerprint density at radius 1 is 1.37 bits per heavy atom. The van der Waals surface area contributed by atoms with E-state index < -0.39 is 21.5 Å². The first kappa shape index (κ1) is 22.8. The average Bonchev–Trinajstić information content (AvgIpc) is 3.27. The van der Waals surface area contributed by atoms with Crippen LogP contribution in [0.15, 0.2) is 48.0 Å². The minimum atomic E-state index is -3.79. The number of rotatable bonds is 5. The Balaban J connectivity index is 1.89. The minimum absolute atomic E-state index is 0.140. The maximum atomic E-state index is 13.3. The zero-order valence-electron chi connectivity index (χ0n) is 16.5. The average molecular weight is 531 g/mol. The normalized spacial score (nSPS) is 12.6. The standard InChI is InChI=1S/C18H19BrN4O4S3/c1-18(2,3)27-17(24)23-9-21-14-7-13(16(28-4)29-14)30(25,26)10-5-11(19)15-12(6-10)20-8-22-15/h5-9H,1-4H3,(H,20,22)(H,21,23,24). The van der Waals surface area contributed by atoms with Crippen LogP contribution in [0.1, 0.15) is 20.8 Å². The van der Waals surface area contributed by atoms with Gasteiger partial charge in [0.1, 0.15) is 16.1 Å². The smallest absolute Gasteiger partial charge is 0.412 e. The van der Waals surface area contributed by atoms with E-state index in [2.05, 4.69) is 36.2 Å². The fourth-order valence-electron chi connectivity index (χ4n) is 2.46. The van der Waals surface area contributed by atoms with E-state index >= 15 is 0 Å². The first-order valence-electron chi connectivity index (χ1n) is 8.59. The van der Waals surface area contributed by atoms with Gasteiger partial charge in [0.2, 0.25) is 9.84 Å². The van der Waals surface area contributed by atoms with Crippen molar-refractivity contribution in [1.82, 2.24) is 15.3 Å². The predicted molar refractivity (Wildman–Crippen MR) is 123 cm³/mol. The van der Waals surface area contributed by atoms with Crippen molar-refractivity contribution in [3.63, 3.8) is 0 Å². The number of nitrogens with zero attached hydrogens (tertiary/aromatic N) is 2. The zero-order chi connectivity index (χ0) is 22.1. The summed E-state index contributed by atoms with van der Waals surface area (Å²) in [7, 11) is -3.79. The molecule has 160 valence electrons. The highest BCUT2D eigenvalue weighted by molar-refractivity contribution is 9.10. The number of benzene rings is 1. The third-order valence-electron chi connectivity index (χ3n) is 3.66. The van der Waals surface area contributed by atoms with E-state index in [1.807, 2.05) is 0 Å². The minimum Gasteiger partial charge on any atom is -0.444 e. The maximum Gasteiger partial charge on any atom is 0.412 e. The number of aliphatic imine (C=N–C) groups is 1. The number of hydrogen-bond acceptors (Lipinski definition) is 8. The summed E-state index contributed by atoms with van der Waals surface area (Å²) >= 11 is 5.91. The van der Waals surface area contributed by atoms with Gasteiger partial charge in [0.25, 0.3) is 0 Å². The van der Waals surface area contributed by atoms with Crippen LogP contribution in [0.2, 0.25) is 0 Å². The van der Waals surface area contributed by atoms with Gasteiger partial charge in [0.05, 0.1) is 32.2 Å². The van der Waals surface area contributed by atoms with E-state index in [4.69, 9.17) is 4.74 Å². The molecule has 2 aromatic heterocycles. The van der Waals surface area contributed by atoms with Gasteiger partial charge in [0.15, 0.2) is 0 Å². The molecule has 0 saturated heterocycles. The summed E-state index contributed by atoms with van der Waals surface area (Å²) in [6.07, 6.45) is 3.85. The lowest BCUT2D eigenvalue weighted by Crippen LogP contribution is -2.31. The molecule has 0 fully saturated rings. The molecule has 0 radical (unpaired) electrons. The second-order valence-corrected chi connectivity index (χ2v) is 11.9. The van der Waals surface area contributed by atoms with Crippen molar-refractivity contribution in [2.75, 3.05) is 6.26 Å². The molecule has 3 aromatic rings. The second-order valence-electron chi connectivity index (χ2n) is 7.05. The SMILES string of the molecule is CSc1sc(/N=C/NC(=O)OC(C)(C)C)cc1S(=O)(=O)c1cc(Br)c2nc[nH]c2c1. The number of carbonyl (C=O) groups is 1. The Labute approximate surface area is 190 Å². The van der Waals surface area contributed by atoms with Crippen molar-refractivity contribution in [3.8, 4) is 0 Å². The number of H-pyrrole nitrogens is 1. The molecule has 0 bridgehead atoms. The fraction of sp³-hybridized carbons (Fsp3) is 0.278. The van der Waals surface area contributed by atoms with Gasteiger partial charge >= 0.3 is 6.09 Å². The molecule has 12 heteroatoms. The van der Waals surface area contributed by atoms with Crippen LogP contribution in [-0.4, -0.2) is 42.7 Å². The number of halogens is 1. The summed E-state index contributed by atoms with van der Waals surface area (Å²) in [5.41, 5.74) is 0.643. The highest BCUT2D eigenvalue weighted by atomic mass is 79.9. The lowest BCUT2D eigenvalue weighted by atomic mass is 10.2. The van der Waals surface area contributed by atoms with E-state index in [9.17, 15) is 13.2 Å². The molecule has 0 unspecified atom stereocenters. The number of amides is 1. The summed E-state index contributed by atoms with van der Waals surface area (Å²) in [5, 5.41) is 2.85. The Hall–Kier alpha value is -1.89. The van der Waals surface area contributed by atoms with E-state index in [1.54, 1.807) is 33.1 Å². The largest absolute Gasteiger partial charge is 0.444 e. The molecule has 1 aromatic carbocycles. The topological polar surface area (TPSA) is 114 Å². The van der Waals surface area contributed by atoms with Gasteiger partial charge in [0, 0.05) is 4.47 Å². The van der Waals surface area contributed by atoms with Gasteiger partial charge in [-0.25, -0.2) is 23.2 Å². The van der Waals surface area contributed by atoms with Crippen LogP contribution in [0.25, 0.3) is 11.0 Å². The summed E-state index contributed by atoms with van der Waals surface area (Å²) in [5.74, 6) is 0. The van der Waals surface area contributed by atoms with Crippen LogP contribution < -0.4 is 5.32 Å². The van der Waals surface area contributed by atoms with E-state index in [0.29, 0.717) is 24.7 Å². The van der Waals surface area contributed by atoms with Crippen LogP contribution in [0, 0.1) is 0 Å². The summed E-state index contributed by atoms with van der Waals surface area (Å²) in [6.45, 7) is 5.26. The van der Waals surface area contributed by atoms with Gasteiger partial charge in [-0.3, -0.25) is 5.32 Å². The number of hydrogen-bond donors (Lipinski definition) is 2. The number of nitrogens with one attached hydrogen (secondary N) is 2. The van der Waals surface area contributed by atoms with E-state index in [-0.39, 0.29) is 9.79 Å². The van der Waals surface area contributed by atoms with Crippen LogP contribution >= 0.6 is 39.0 Å². The number of thiophene rings is 1. The Bertz CT molecular complexity index is 1230. The second kappa shape index (κ2) is 8.69. The molecule has 30 heavy (non-hydrogen) atoms. The third-order valence-corrected chi connectivity index (χ3v) is 8.46. The van der Waals surface area contributed by atoms with Gasteiger partial charge in [-0.15, -0.1) is 23.1 Å². The fourth-order valence-corrected chi connectivity index (χ4v) is 7.05. The molecular formula is C18H19BrN4O4S3. The van der Waals surface area contributed by atoms with Crippen molar-refractivity contribution >= 4 is 77.3 Å². The van der Waals surface area contributed by atoms with Crippen LogP contribution in [-0.2, 0) is 14.6 Å². The number of imidazole rings is 1. The molecule has 2 N–H and O–H groups in total. The van der Waals surface area contributed by atoms with Crippen molar-refractivity contribution in [2.24, 2.45) is 4.99 Å². The van der Waals surface area contributed by atoms with Gasteiger partial charge < -0.3 is 9.72 Å². The highest BCUT2D eigenvalue weighted by Gasteiger charge is 2.25. The van der Waals surface area contributed by atoms with Crippen LogP contribution in [0.5, 0.6) is 0 Å². The van der Waals surface area contributed by atoms with Gasteiger partial charge in [-0.1, -0.05) is 0 Å². The van der Waals surface area contributed by atoms with Crippen molar-refractivity contribution in [1.29, 1.82) is 0 Å². The first-order valence-corrected chi connectivity index (χ1v) is 12.9. The molecule has 3 rings (SSSR count). The molecule has 1 amide bonds. The first-order chi connectivity index (χ1) is 14.0. The quantitative estimate of drug-likeness (QED) is 0.268. The predicted octanol–water partition coefficient (Wildman–Crippen LogP) is 5.13. The van der Waals surface area contributed by atoms with Gasteiger partial charge in [-0.2, -0.15) is 0 Å². The number of ether oxygens (including phenoxy) is 1. The molecule has 0 spiro atoms.